The van der Waals surface area contributed by atoms with Crippen molar-refractivity contribution < 1.29 is 4.79 Å². The zero-order valence-corrected chi connectivity index (χ0v) is 28.7. The zero-order valence-electron chi connectivity index (χ0n) is 28.7. The van der Waals surface area contributed by atoms with Gasteiger partial charge in [-0.1, -0.05) is 66.2 Å². The number of carbonyl (C=O) groups excluding carboxylic acids is 1. The van der Waals surface area contributed by atoms with E-state index in [1.165, 1.54) is 27.5 Å². The highest BCUT2D eigenvalue weighted by atomic mass is 16.2. The molecule has 6 heteroatoms. The summed E-state index contributed by atoms with van der Waals surface area (Å²) in [6.45, 7) is 12.6. The second-order valence-electron chi connectivity index (χ2n) is 13.9. The molecule has 0 saturated carbocycles. The van der Waals surface area contributed by atoms with Gasteiger partial charge in [0.25, 0.3) is 0 Å². The van der Waals surface area contributed by atoms with Gasteiger partial charge < -0.3 is 19.6 Å². The van der Waals surface area contributed by atoms with Crippen molar-refractivity contribution in [3.63, 3.8) is 0 Å². The Kier molecular flexibility index (Phi) is 12.4. The van der Waals surface area contributed by atoms with Gasteiger partial charge in [-0.15, -0.1) is 0 Å². The monoisotopic (exact) mass is 599 g/mol. The van der Waals surface area contributed by atoms with Crippen LogP contribution < -0.4 is 0 Å². The minimum Gasteiger partial charge on any atom is -0.337 e. The third-order valence-electron chi connectivity index (χ3n) is 9.58. The number of amides is 1. The van der Waals surface area contributed by atoms with Crippen LogP contribution in [0.25, 0.3) is 10.8 Å². The number of hydrogen-bond donors (Lipinski definition) is 0. The molecular weight excluding hydrogens is 542 g/mol. The topological polar surface area (TPSA) is 33.3 Å². The number of piperazine rings is 1. The number of likely N-dealkylation sites (N-methyl/N-ethyl adjacent to an activating group) is 3. The third-order valence-corrected chi connectivity index (χ3v) is 9.58. The molecule has 3 aromatic rings. The van der Waals surface area contributed by atoms with E-state index < -0.39 is 0 Å². The van der Waals surface area contributed by atoms with Gasteiger partial charge in [0.15, 0.2) is 0 Å². The Labute approximate surface area is 267 Å². The number of rotatable bonds is 14. The minimum absolute atomic E-state index is 0.186. The summed E-state index contributed by atoms with van der Waals surface area (Å²) in [6, 6.07) is 22.7. The quantitative estimate of drug-likeness (QED) is 0.250. The van der Waals surface area contributed by atoms with E-state index in [0.717, 1.165) is 64.1 Å². The van der Waals surface area contributed by atoms with Crippen molar-refractivity contribution in [1.29, 1.82) is 0 Å². The van der Waals surface area contributed by atoms with Crippen molar-refractivity contribution in [3.8, 4) is 0 Å². The first kappa shape index (κ1) is 34.1. The van der Waals surface area contributed by atoms with Crippen LogP contribution in [0.3, 0.4) is 0 Å². The summed E-state index contributed by atoms with van der Waals surface area (Å²) in [5, 5.41) is 2.42. The third kappa shape index (κ3) is 9.61. The highest BCUT2D eigenvalue weighted by Crippen LogP contribution is 2.24. The van der Waals surface area contributed by atoms with Gasteiger partial charge in [-0.2, -0.15) is 0 Å². The molecule has 1 fully saturated rings. The molecule has 1 aliphatic heterocycles. The fourth-order valence-corrected chi connectivity index (χ4v) is 6.67. The second-order valence-corrected chi connectivity index (χ2v) is 13.9. The maximum atomic E-state index is 13.8. The van der Waals surface area contributed by atoms with E-state index in [1.807, 2.05) is 0 Å². The van der Waals surface area contributed by atoms with E-state index >= 15 is 0 Å². The molecule has 240 valence electrons. The molecule has 1 saturated heterocycles. The summed E-state index contributed by atoms with van der Waals surface area (Å²) in [6.07, 6.45) is 3.73. The maximum absolute atomic E-state index is 13.8. The van der Waals surface area contributed by atoms with Crippen molar-refractivity contribution in [3.05, 3.63) is 82.9 Å². The van der Waals surface area contributed by atoms with Gasteiger partial charge in [0, 0.05) is 50.8 Å². The Bertz CT molecular complexity index is 1350. The van der Waals surface area contributed by atoms with Gasteiger partial charge in [-0.3, -0.25) is 9.69 Å². The van der Waals surface area contributed by atoms with Gasteiger partial charge in [0.05, 0.1) is 6.42 Å². The number of carbonyl (C=O) groups is 1. The molecule has 0 N–H and O–H groups in total. The maximum Gasteiger partial charge on any atom is 0.227 e. The first-order valence-electron chi connectivity index (χ1n) is 16.6. The molecule has 0 unspecified atom stereocenters. The van der Waals surface area contributed by atoms with Crippen molar-refractivity contribution in [1.82, 2.24) is 24.5 Å². The number of nitrogens with zero attached hydrogens (tertiary/aromatic N) is 5. The van der Waals surface area contributed by atoms with Gasteiger partial charge in [-0.25, -0.2) is 0 Å². The van der Waals surface area contributed by atoms with E-state index in [0.29, 0.717) is 18.5 Å². The number of fused-ring (bicyclic) bond motifs is 1. The van der Waals surface area contributed by atoms with Crippen LogP contribution in [0, 0.1) is 13.8 Å². The lowest BCUT2D eigenvalue weighted by molar-refractivity contribution is -0.137. The van der Waals surface area contributed by atoms with Crippen LogP contribution in [0.4, 0.5) is 0 Å². The van der Waals surface area contributed by atoms with Gasteiger partial charge in [0.2, 0.25) is 5.91 Å². The average molecular weight is 600 g/mol. The lowest BCUT2D eigenvalue weighted by atomic mass is 9.96. The Balaban J connectivity index is 1.47. The molecular formula is C38H57N5O. The van der Waals surface area contributed by atoms with E-state index in [9.17, 15) is 4.79 Å². The minimum atomic E-state index is 0.186. The molecule has 1 heterocycles. The van der Waals surface area contributed by atoms with E-state index in [1.54, 1.807) is 0 Å². The smallest absolute Gasteiger partial charge is 0.227 e. The number of benzene rings is 3. The fourth-order valence-electron chi connectivity index (χ4n) is 6.67. The zero-order chi connectivity index (χ0) is 31.8. The molecule has 3 aromatic carbocycles. The summed E-state index contributed by atoms with van der Waals surface area (Å²) >= 11 is 0. The van der Waals surface area contributed by atoms with Crippen LogP contribution >= 0.6 is 0 Å². The molecule has 0 radical (unpaired) electrons. The fraction of sp³-hybridized carbons (Fsp3) is 0.553. The summed E-state index contributed by atoms with van der Waals surface area (Å²) in [5.41, 5.74) is 5.24. The summed E-state index contributed by atoms with van der Waals surface area (Å²) in [4.78, 5) is 25.8. The van der Waals surface area contributed by atoms with Crippen LogP contribution in [0.2, 0.25) is 0 Å². The molecule has 3 atom stereocenters. The Morgan fingerprint density at radius 3 is 2.34 bits per heavy atom. The lowest BCUT2D eigenvalue weighted by Gasteiger charge is -2.47. The second kappa shape index (κ2) is 16.0. The lowest BCUT2D eigenvalue weighted by Crippen LogP contribution is -2.61. The van der Waals surface area contributed by atoms with Crippen molar-refractivity contribution in [2.24, 2.45) is 0 Å². The van der Waals surface area contributed by atoms with Gasteiger partial charge >= 0.3 is 0 Å². The normalized spacial score (nSPS) is 18.6. The molecule has 1 aliphatic rings. The van der Waals surface area contributed by atoms with Crippen molar-refractivity contribution >= 4 is 16.7 Å². The molecule has 4 rings (SSSR count). The largest absolute Gasteiger partial charge is 0.337 e. The molecule has 0 spiro atoms. The SMILES string of the molecule is Cc1ccc(C[C@H](CN2C[C@@H](C)N(C(=O)Cc3ccc4ccccc4c3)C[C@@H]2CCCN(C)CCN(C)C)N(C)C)c(C)c1. The van der Waals surface area contributed by atoms with E-state index in [4.69, 9.17) is 0 Å². The highest BCUT2D eigenvalue weighted by Gasteiger charge is 2.35. The average Bonchev–Trinajstić information content (AvgIpc) is 2.97. The predicted octanol–water partition coefficient (Wildman–Crippen LogP) is 5.35. The molecule has 0 aliphatic carbocycles. The molecule has 0 bridgehead atoms. The summed E-state index contributed by atoms with van der Waals surface area (Å²) in [7, 11) is 10.9. The molecule has 1 amide bonds. The Morgan fingerprint density at radius 2 is 1.64 bits per heavy atom. The van der Waals surface area contributed by atoms with Crippen molar-refractivity contribution in [2.75, 3.05) is 74.5 Å². The first-order valence-corrected chi connectivity index (χ1v) is 16.6. The van der Waals surface area contributed by atoms with Crippen LogP contribution in [0.5, 0.6) is 0 Å². The predicted molar refractivity (Wildman–Crippen MR) is 187 cm³/mol. The van der Waals surface area contributed by atoms with E-state index in [-0.39, 0.29) is 11.9 Å². The number of aryl methyl sites for hydroxylation is 2. The summed E-state index contributed by atoms with van der Waals surface area (Å²) < 4.78 is 0. The van der Waals surface area contributed by atoms with Crippen LogP contribution in [-0.2, 0) is 17.6 Å². The number of hydrogen-bond acceptors (Lipinski definition) is 5. The van der Waals surface area contributed by atoms with Gasteiger partial charge in [-0.05, 0) is 109 Å². The van der Waals surface area contributed by atoms with Gasteiger partial charge in [0.1, 0.15) is 0 Å². The van der Waals surface area contributed by atoms with Crippen LogP contribution in [-0.4, -0.2) is 123 Å². The molecule has 44 heavy (non-hydrogen) atoms. The standard InChI is InChI=1S/C38H57N5O/c1-29-15-17-34(30(2)22-29)25-37(40(6)7)27-42-26-31(3)43(28-36(42)14-11-19-41(8)21-20-39(4)5)38(44)24-32-16-18-33-12-9-10-13-35(33)23-32/h9-10,12-13,15-18,22-23,31,36-37H,11,14,19-21,24-28H2,1-8H3/t31-,36+,37-/m1/s1. The molecule has 0 aromatic heterocycles. The molecule has 6 nitrogen and oxygen atoms in total. The van der Waals surface area contributed by atoms with Crippen molar-refractivity contribution in [2.45, 2.75) is 64.6 Å². The highest BCUT2D eigenvalue weighted by molar-refractivity contribution is 5.85. The van der Waals surface area contributed by atoms with E-state index in [2.05, 4.69) is 141 Å². The first-order chi connectivity index (χ1) is 21.0. The van der Waals surface area contributed by atoms with Crippen LogP contribution in [0.1, 0.15) is 42.0 Å². The van der Waals surface area contributed by atoms with Crippen LogP contribution in [0.15, 0.2) is 60.7 Å². The Hall–Kier alpha value is -2.77. The Morgan fingerprint density at radius 1 is 0.886 bits per heavy atom. The summed E-state index contributed by atoms with van der Waals surface area (Å²) in [5.74, 6) is 0.250.